The Morgan fingerprint density at radius 3 is 2.20 bits per heavy atom. The Morgan fingerprint density at radius 2 is 1.80 bits per heavy atom. The fourth-order valence-corrected chi connectivity index (χ4v) is 2.58. The molecule has 4 nitrogen and oxygen atoms in total. The Morgan fingerprint density at radius 1 is 1.25 bits per heavy atom. The Balaban J connectivity index is 3.06. The van der Waals surface area contributed by atoms with Crippen LogP contribution in [0.2, 0.25) is 5.02 Å². The van der Waals surface area contributed by atoms with Gasteiger partial charge in [0.25, 0.3) is 0 Å². The first kappa shape index (κ1) is 17.0. The van der Waals surface area contributed by atoms with E-state index in [4.69, 9.17) is 23.1 Å². The highest BCUT2D eigenvalue weighted by molar-refractivity contribution is 6.30. The lowest BCUT2D eigenvalue weighted by Crippen LogP contribution is -2.45. The third-order valence-corrected chi connectivity index (χ3v) is 3.31. The number of hydrogen-bond acceptors (Lipinski definition) is 3. The zero-order chi connectivity index (χ0) is 15.3. The number of benzene rings is 1. The monoisotopic (exact) mass is 297 g/mol. The fraction of sp³-hybridized carbons (Fsp3) is 0.533. The van der Waals surface area contributed by atoms with Crippen molar-refractivity contribution >= 4 is 17.5 Å². The first-order valence-electron chi connectivity index (χ1n) is 6.84. The van der Waals surface area contributed by atoms with Crippen LogP contribution >= 0.6 is 11.6 Å². The van der Waals surface area contributed by atoms with Gasteiger partial charge in [0.05, 0.1) is 12.6 Å². The van der Waals surface area contributed by atoms with Crippen LogP contribution in [0.25, 0.3) is 0 Å². The summed E-state index contributed by atoms with van der Waals surface area (Å²) >= 11 is 5.93. The molecule has 0 aliphatic carbocycles. The van der Waals surface area contributed by atoms with Crippen LogP contribution in [0.4, 0.5) is 0 Å². The third kappa shape index (κ3) is 5.12. The predicted octanol–water partition coefficient (Wildman–Crippen LogP) is 2.17. The van der Waals surface area contributed by atoms with Crippen LogP contribution in [0.5, 0.6) is 0 Å². The molecule has 0 saturated heterocycles. The normalized spacial score (nSPS) is 14.6. The van der Waals surface area contributed by atoms with Crippen LogP contribution in [-0.2, 0) is 4.79 Å². The summed E-state index contributed by atoms with van der Waals surface area (Å²) in [5, 5.41) is 0.683. The van der Waals surface area contributed by atoms with Gasteiger partial charge in [-0.25, -0.2) is 0 Å². The zero-order valence-electron chi connectivity index (χ0n) is 12.3. The molecule has 0 aromatic heterocycles. The van der Waals surface area contributed by atoms with Crippen LogP contribution in [0.3, 0.4) is 0 Å². The van der Waals surface area contributed by atoms with Crippen molar-refractivity contribution in [3.8, 4) is 0 Å². The number of nitrogens with zero attached hydrogens (tertiary/aromatic N) is 1. The molecule has 0 radical (unpaired) electrons. The number of hydrogen-bond donors (Lipinski definition) is 2. The first-order valence-corrected chi connectivity index (χ1v) is 7.22. The highest BCUT2D eigenvalue weighted by atomic mass is 35.5. The molecule has 0 fully saturated rings. The average molecular weight is 298 g/mol. The van der Waals surface area contributed by atoms with E-state index in [1.807, 2.05) is 36.1 Å². The van der Waals surface area contributed by atoms with Gasteiger partial charge >= 0.3 is 0 Å². The first-order chi connectivity index (χ1) is 9.31. The second-order valence-electron chi connectivity index (χ2n) is 5.65. The highest BCUT2D eigenvalue weighted by Crippen LogP contribution is 2.25. The van der Waals surface area contributed by atoms with Crippen LogP contribution in [0.1, 0.15) is 32.4 Å². The van der Waals surface area contributed by atoms with Crippen molar-refractivity contribution in [2.24, 2.45) is 17.4 Å². The van der Waals surface area contributed by atoms with Gasteiger partial charge in [-0.3, -0.25) is 9.69 Å². The van der Waals surface area contributed by atoms with Gasteiger partial charge in [-0.2, -0.15) is 0 Å². The lowest BCUT2D eigenvalue weighted by atomic mass is 9.98. The largest absolute Gasteiger partial charge is 0.369 e. The molecule has 1 rings (SSSR count). The summed E-state index contributed by atoms with van der Waals surface area (Å²) in [6, 6.07) is 7.40. The number of halogens is 1. The Kier molecular flexibility index (Phi) is 6.46. The van der Waals surface area contributed by atoms with Crippen molar-refractivity contribution in [3.05, 3.63) is 34.9 Å². The summed E-state index contributed by atoms with van der Waals surface area (Å²) in [6.07, 6.45) is 0. The standard InChI is InChI=1S/C15H24ClN3O/c1-10(2)8-19(9-14(18)20)15(11(3)17)12-4-6-13(16)7-5-12/h4-7,10-11,15H,8-9,17H2,1-3H3,(H2,18,20). The predicted molar refractivity (Wildman–Crippen MR) is 83.4 cm³/mol. The second kappa shape index (κ2) is 7.62. The van der Waals surface area contributed by atoms with Crippen LogP contribution in [0.15, 0.2) is 24.3 Å². The number of primary amides is 1. The second-order valence-corrected chi connectivity index (χ2v) is 6.08. The molecule has 1 aromatic rings. The molecule has 112 valence electrons. The summed E-state index contributed by atoms with van der Waals surface area (Å²) in [5.74, 6) is 0.0770. The molecule has 2 unspecified atom stereocenters. The van der Waals surface area contributed by atoms with Crippen LogP contribution in [0, 0.1) is 5.92 Å². The molecular formula is C15H24ClN3O. The lowest BCUT2D eigenvalue weighted by Gasteiger charge is -2.35. The maximum Gasteiger partial charge on any atom is 0.231 e. The van der Waals surface area contributed by atoms with Crippen molar-refractivity contribution in [1.29, 1.82) is 0 Å². The van der Waals surface area contributed by atoms with Gasteiger partial charge in [-0.1, -0.05) is 37.6 Å². The quantitative estimate of drug-likeness (QED) is 0.810. The van der Waals surface area contributed by atoms with E-state index in [9.17, 15) is 4.79 Å². The number of rotatable bonds is 7. The van der Waals surface area contributed by atoms with Crippen LogP contribution < -0.4 is 11.5 Å². The Bertz CT molecular complexity index is 431. The van der Waals surface area contributed by atoms with Crippen molar-refractivity contribution in [2.45, 2.75) is 32.9 Å². The van der Waals surface area contributed by atoms with E-state index >= 15 is 0 Å². The molecule has 1 amide bonds. The van der Waals surface area contributed by atoms with Crippen molar-refractivity contribution in [2.75, 3.05) is 13.1 Å². The summed E-state index contributed by atoms with van der Waals surface area (Å²) in [6.45, 7) is 7.11. The molecule has 0 bridgehead atoms. The van der Waals surface area contributed by atoms with Gasteiger partial charge in [0, 0.05) is 17.6 Å². The van der Waals surface area contributed by atoms with Gasteiger partial charge in [0.2, 0.25) is 5.91 Å². The molecule has 0 saturated carbocycles. The van der Waals surface area contributed by atoms with E-state index in [2.05, 4.69) is 13.8 Å². The SMILES string of the molecule is CC(C)CN(CC(N)=O)C(c1ccc(Cl)cc1)C(C)N. The minimum Gasteiger partial charge on any atom is -0.369 e. The molecule has 5 heteroatoms. The summed E-state index contributed by atoms with van der Waals surface area (Å²) < 4.78 is 0. The number of carbonyl (C=O) groups is 1. The summed E-state index contributed by atoms with van der Waals surface area (Å²) in [4.78, 5) is 13.4. The van der Waals surface area contributed by atoms with Crippen molar-refractivity contribution in [3.63, 3.8) is 0 Å². The third-order valence-electron chi connectivity index (χ3n) is 3.06. The molecule has 4 N–H and O–H groups in total. The van der Waals surface area contributed by atoms with E-state index < -0.39 is 0 Å². The van der Waals surface area contributed by atoms with Gasteiger partial charge in [-0.05, 0) is 30.5 Å². The smallest absolute Gasteiger partial charge is 0.231 e. The minimum atomic E-state index is -0.342. The number of nitrogens with two attached hydrogens (primary N) is 2. The molecule has 1 aromatic carbocycles. The van der Waals surface area contributed by atoms with Crippen molar-refractivity contribution < 1.29 is 4.79 Å². The molecule has 0 aliphatic rings. The Labute approximate surface area is 126 Å². The van der Waals surface area contributed by atoms with E-state index in [1.54, 1.807) is 0 Å². The maximum atomic E-state index is 11.3. The molecule has 20 heavy (non-hydrogen) atoms. The van der Waals surface area contributed by atoms with E-state index in [0.29, 0.717) is 10.9 Å². The molecule has 0 spiro atoms. The highest BCUT2D eigenvalue weighted by Gasteiger charge is 2.25. The van der Waals surface area contributed by atoms with Gasteiger partial charge in [0.1, 0.15) is 0 Å². The maximum absolute atomic E-state index is 11.3. The van der Waals surface area contributed by atoms with Crippen LogP contribution in [-0.4, -0.2) is 29.9 Å². The minimum absolute atomic E-state index is 0.0535. The molecule has 0 aliphatic heterocycles. The van der Waals surface area contributed by atoms with E-state index in [0.717, 1.165) is 12.1 Å². The molecule has 2 atom stereocenters. The summed E-state index contributed by atoms with van der Waals surface area (Å²) in [7, 11) is 0. The topological polar surface area (TPSA) is 72.3 Å². The molecule has 0 heterocycles. The number of carbonyl (C=O) groups excluding carboxylic acids is 1. The summed E-state index contributed by atoms with van der Waals surface area (Å²) in [5.41, 5.74) is 12.5. The van der Waals surface area contributed by atoms with Gasteiger partial charge in [0.15, 0.2) is 0 Å². The van der Waals surface area contributed by atoms with Gasteiger partial charge < -0.3 is 11.5 Å². The Hall–Kier alpha value is -1.10. The van der Waals surface area contributed by atoms with Crippen molar-refractivity contribution in [1.82, 2.24) is 4.90 Å². The van der Waals surface area contributed by atoms with Gasteiger partial charge in [-0.15, -0.1) is 0 Å². The molecular weight excluding hydrogens is 274 g/mol. The zero-order valence-corrected chi connectivity index (χ0v) is 13.1. The van der Waals surface area contributed by atoms with E-state index in [-0.39, 0.29) is 24.5 Å². The lowest BCUT2D eigenvalue weighted by molar-refractivity contribution is -0.120. The van der Waals surface area contributed by atoms with E-state index in [1.165, 1.54) is 0 Å². The number of amides is 1. The average Bonchev–Trinajstić information content (AvgIpc) is 2.29. The fourth-order valence-electron chi connectivity index (χ4n) is 2.45.